The summed E-state index contributed by atoms with van der Waals surface area (Å²) in [5, 5.41) is 3.52. The molecule has 1 N–H and O–H groups in total. The van der Waals surface area contributed by atoms with Gasteiger partial charge in [-0.1, -0.05) is 13.0 Å². The van der Waals surface area contributed by atoms with E-state index < -0.39 is 0 Å². The molecule has 0 fully saturated rings. The molecule has 2 heterocycles. The van der Waals surface area contributed by atoms with E-state index in [9.17, 15) is 4.39 Å². The van der Waals surface area contributed by atoms with Crippen molar-refractivity contribution < 1.29 is 9.13 Å². The zero-order chi connectivity index (χ0) is 13.9. The highest BCUT2D eigenvalue weighted by atomic mass is 32.1. The average Bonchev–Trinajstić information content (AvgIpc) is 2.98. The minimum atomic E-state index is -0.261. The lowest BCUT2D eigenvalue weighted by molar-refractivity contribution is 0.154. The van der Waals surface area contributed by atoms with Crippen molar-refractivity contribution in [1.82, 2.24) is 10.3 Å². The Morgan fingerprint density at radius 3 is 3.15 bits per heavy atom. The molecule has 0 spiro atoms. The molecule has 20 heavy (non-hydrogen) atoms. The quantitative estimate of drug-likeness (QED) is 0.929. The van der Waals surface area contributed by atoms with Crippen LogP contribution in [0.2, 0.25) is 0 Å². The minimum Gasteiger partial charge on any atom is -0.484 e. The van der Waals surface area contributed by atoms with E-state index in [0.717, 1.165) is 29.8 Å². The molecule has 2 aromatic rings. The molecule has 2 atom stereocenters. The number of hydrogen-bond donors (Lipinski definition) is 1. The molecule has 0 amide bonds. The number of aromatic nitrogens is 1. The van der Waals surface area contributed by atoms with Crippen molar-refractivity contribution in [2.45, 2.75) is 31.9 Å². The molecule has 2 unspecified atom stereocenters. The average molecular weight is 292 g/mol. The van der Waals surface area contributed by atoms with Crippen LogP contribution in [0.3, 0.4) is 0 Å². The van der Waals surface area contributed by atoms with E-state index in [1.807, 2.05) is 12.3 Å². The number of rotatable bonds is 4. The maximum absolute atomic E-state index is 13.4. The van der Waals surface area contributed by atoms with Gasteiger partial charge in [-0.05, 0) is 19.0 Å². The summed E-state index contributed by atoms with van der Waals surface area (Å²) in [6.45, 7) is 3.08. The summed E-state index contributed by atoms with van der Waals surface area (Å²) in [5.74, 6) is 0.381. The smallest absolute Gasteiger partial charge is 0.136 e. The fourth-order valence-electron chi connectivity index (χ4n) is 2.51. The second-order valence-electron chi connectivity index (χ2n) is 4.93. The predicted octanol–water partition coefficient (Wildman–Crippen LogP) is 3.85. The number of benzene rings is 1. The number of ether oxygens (including phenoxy) is 1. The van der Waals surface area contributed by atoms with Crippen molar-refractivity contribution in [1.29, 1.82) is 0 Å². The Labute approximate surface area is 121 Å². The Balaban J connectivity index is 1.90. The highest BCUT2D eigenvalue weighted by molar-refractivity contribution is 7.09. The van der Waals surface area contributed by atoms with E-state index in [2.05, 4.69) is 17.2 Å². The summed E-state index contributed by atoms with van der Waals surface area (Å²) in [5.41, 5.74) is 2.84. The first-order chi connectivity index (χ1) is 9.78. The highest BCUT2D eigenvalue weighted by Crippen LogP contribution is 2.41. The van der Waals surface area contributed by atoms with Gasteiger partial charge in [0.05, 0.1) is 10.4 Å². The summed E-state index contributed by atoms with van der Waals surface area (Å²) in [6.07, 6.45) is 3.70. The van der Waals surface area contributed by atoms with Gasteiger partial charge in [-0.2, -0.15) is 0 Å². The van der Waals surface area contributed by atoms with Crippen LogP contribution in [0, 0.1) is 5.82 Å². The van der Waals surface area contributed by atoms with Gasteiger partial charge in [0.1, 0.15) is 17.7 Å². The third-order valence-electron chi connectivity index (χ3n) is 3.48. The molecule has 0 saturated heterocycles. The Bertz CT molecular complexity index is 573. The lowest BCUT2D eigenvalue weighted by atomic mass is 9.95. The van der Waals surface area contributed by atoms with E-state index in [0.29, 0.717) is 5.75 Å². The van der Waals surface area contributed by atoms with Crippen LogP contribution < -0.4 is 10.1 Å². The van der Waals surface area contributed by atoms with E-state index in [-0.39, 0.29) is 18.0 Å². The summed E-state index contributed by atoms with van der Waals surface area (Å²) in [7, 11) is 0. The predicted molar refractivity (Wildman–Crippen MR) is 77.5 cm³/mol. The molecule has 1 aliphatic rings. The minimum absolute atomic E-state index is 0.0499. The van der Waals surface area contributed by atoms with Crippen molar-refractivity contribution in [3.63, 3.8) is 0 Å². The van der Waals surface area contributed by atoms with Crippen LogP contribution in [0.5, 0.6) is 5.75 Å². The van der Waals surface area contributed by atoms with Crippen LogP contribution in [0.4, 0.5) is 4.39 Å². The molecule has 3 rings (SSSR count). The molecule has 1 aromatic heterocycles. The van der Waals surface area contributed by atoms with Crippen LogP contribution >= 0.6 is 11.3 Å². The van der Waals surface area contributed by atoms with Crippen LogP contribution in [-0.2, 0) is 0 Å². The third kappa shape index (κ3) is 2.69. The SMILES string of the molecule is CCCNC1CC(c2cncs2)Oc2cc(F)ccc21. The van der Waals surface area contributed by atoms with Crippen molar-refractivity contribution in [3.05, 3.63) is 46.2 Å². The number of fused-ring (bicyclic) bond motifs is 1. The number of halogens is 1. The van der Waals surface area contributed by atoms with E-state index in [4.69, 9.17) is 4.74 Å². The fourth-order valence-corrected chi connectivity index (χ4v) is 3.17. The number of nitrogens with one attached hydrogen (secondary N) is 1. The maximum atomic E-state index is 13.4. The van der Waals surface area contributed by atoms with Gasteiger partial charge in [-0.15, -0.1) is 11.3 Å². The van der Waals surface area contributed by atoms with Crippen LogP contribution in [0.25, 0.3) is 0 Å². The Hall–Kier alpha value is -1.46. The topological polar surface area (TPSA) is 34.2 Å². The molecule has 1 aliphatic heterocycles. The van der Waals surface area contributed by atoms with Crippen LogP contribution in [-0.4, -0.2) is 11.5 Å². The second kappa shape index (κ2) is 5.89. The van der Waals surface area contributed by atoms with Gasteiger partial charge in [-0.3, -0.25) is 4.98 Å². The zero-order valence-corrected chi connectivity index (χ0v) is 12.1. The Morgan fingerprint density at radius 1 is 1.50 bits per heavy atom. The zero-order valence-electron chi connectivity index (χ0n) is 11.3. The van der Waals surface area contributed by atoms with Gasteiger partial charge in [0.2, 0.25) is 0 Å². The van der Waals surface area contributed by atoms with Gasteiger partial charge in [0, 0.05) is 30.3 Å². The monoisotopic (exact) mass is 292 g/mol. The van der Waals surface area contributed by atoms with E-state index in [1.54, 1.807) is 16.8 Å². The van der Waals surface area contributed by atoms with Crippen molar-refractivity contribution >= 4 is 11.3 Å². The maximum Gasteiger partial charge on any atom is 0.136 e. The highest BCUT2D eigenvalue weighted by Gasteiger charge is 2.30. The van der Waals surface area contributed by atoms with Gasteiger partial charge in [0.25, 0.3) is 0 Å². The van der Waals surface area contributed by atoms with Crippen molar-refractivity contribution in [3.8, 4) is 5.75 Å². The van der Waals surface area contributed by atoms with Crippen LogP contribution in [0.15, 0.2) is 29.9 Å². The largest absolute Gasteiger partial charge is 0.484 e. The molecule has 106 valence electrons. The molecule has 3 nitrogen and oxygen atoms in total. The first kappa shape index (κ1) is 13.5. The third-order valence-corrected chi connectivity index (χ3v) is 4.35. The van der Waals surface area contributed by atoms with Crippen molar-refractivity contribution in [2.24, 2.45) is 0 Å². The van der Waals surface area contributed by atoms with Gasteiger partial charge >= 0.3 is 0 Å². The second-order valence-corrected chi connectivity index (χ2v) is 5.85. The summed E-state index contributed by atoms with van der Waals surface area (Å²) in [4.78, 5) is 5.19. The van der Waals surface area contributed by atoms with E-state index >= 15 is 0 Å². The Kier molecular flexibility index (Phi) is 3.98. The normalized spacial score (nSPS) is 21.3. The molecular weight excluding hydrogens is 275 g/mol. The fraction of sp³-hybridized carbons (Fsp3) is 0.400. The van der Waals surface area contributed by atoms with Crippen molar-refractivity contribution in [2.75, 3.05) is 6.54 Å². The molecular formula is C15H17FN2OS. The number of thiazole rings is 1. The lowest BCUT2D eigenvalue weighted by Crippen LogP contribution is -2.29. The van der Waals surface area contributed by atoms with E-state index in [1.165, 1.54) is 12.1 Å². The lowest BCUT2D eigenvalue weighted by Gasteiger charge is -2.32. The molecule has 0 saturated carbocycles. The molecule has 5 heteroatoms. The summed E-state index contributed by atoms with van der Waals surface area (Å²) >= 11 is 1.58. The standard InChI is InChI=1S/C15H17FN2OS/c1-2-5-18-12-7-14(15-8-17-9-20-15)19-13-6-10(16)3-4-11(12)13/h3-4,6,8-9,12,14,18H,2,5,7H2,1H3. The first-order valence-electron chi connectivity index (χ1n) is 6.85. The van der Waals surface area contributed by atoms with Crippen LogP contribution in [0.1, 0.15) is 42.4 Å². The molecule has 0 bridgehead atoms. The first-order valence-corrected chi connectivity index (χ1v) is 7.73. The summed E-state index contributed by atoms with van der Waals surface area (Å²) < 4.78 is 19.4. The van der Waals surface area contributed by atoms with Gasteiger partial charge < -0.3 is 10.1 Å². The number of hydrogen-bond acceptors (Lipinski definition) is 4. The molecule has 0 radical (unpaired) electrons. The number of nitrogens with zero attached hydrogens (tertiary/aromatic N) is 1. The molecule has 1 aromatic carbocycles. The van der Waals surface area contributed by atoms with Gasteiger partial charge in [0.15, 0.2) is 0 Å². The Morgan fingerprint density at radius 2 is 2.40 bits per heavy atom. The summed E-state index contributed by atoms with van der Waals surface area (Å²) in [6, 6.07) is 4.99. The molecule has 0 aliphatic carbocycles. The van der Waals surface area contributed by atoms with Gasteiger partial charge in [-0.25, -0.2) is 4.39 Å².